The Hall–Kier alpha value is -0.910. The van der Waals surface area contributed by atoms with Crippen molar-refractivity contribution in [1.82, 2.24) is 9.55 Å². The Morgan fingerprint density at radius 3 is 2.94 bits per heavy atom. The standard InChI is InChI=1S/C11H11BrClN3O/c12-8-4-1-3-7-9(8)15-11(13)16(10(7)17)6-2-5-14/h1,3-4H,2,5-6,14H2. The maximum atomic E-state index is 12.2. The Morgan fingerprint density at radius 1 is 1.47 bits per heavy atom. The van der Waals surface area contributed by atoms with Gasteiger partial charge in [-0.2, -0.15) is 0 Å². The summed E-state index contributed by atoms with van der Waals surface area (Å²) < 4.78 is 2.21. The SMILES string of the molecule is NCCCn1c(Cl)nc2c(Br)cccc2c1=O. The molecular weight excluding hydrogens is 305 g/mol. The number of nitrogens with zero attached hydrogens (tertiary/aromatic N) is 2. The van der Waals surface area contributed by atoms with E-state index in [1.54, 1.807) is 12.1 Å². The van der Waals surface area contributed by atoms with E-state index in [0.29, 0.717) is 30.4 Å². The first-order chi connectivity index (χ1) is 8.15. The van der Waals surface area contributed by atoms with Crippen molar-refractivity contribution in [2.24, 2.45) is 5.73 Å². The van der Waals surface area contributed by atoms with E-state index in [9.17, 15) is 4.79 Å². The first kappa shape index (κ1) is 12.5. The average molecular weight is 317 g/mol. The number of para-hydroxylation sites is 1. The van der Waals surface area contributed by atoms with Crippen LogP contribution in [-0.4, -0.2) is 16.1 Å². The lowest BCUT2D eigenvalue weighted by Crippen LogP contribution is -2.23. The molecule has 0 saturated heterocycles. The smallest absolute Gasteiger partial charge is 0.262 e. The van der Waals surface area contributed by atoms with Gasteiger partial charge < -0.3 is 5.73 Å². The lowest BCUT2D eigenvalue weighted by atomic mass is 10.2. The molecule has 1 heterocycles. The second kappa shape index (κ2) is 5.16. The molecule has 2 aromatic rings. The number of halogens is 2. The highest BCUT2D eigenvalue weighted by atomic mass is 79.9. The predicted octanol–water partition coefficient (Wildman–Crippen LogP) is 2.16. The van der Waals surface area contributed by atoms with Crippen molar-refractivity contribution in [3.05, 3.63) is 38.3 Å². The molecule has 0 radical (unpaired) electrons. The number of fused-ring (bicyclic) bond motifs is 1. The lowest BCUT2D eigenvalue weighted by Gasteiger charge is -2.09. The van der Waals surface area contributed by atoms with Crippen LogP contribution in [0.2, 0.25) is 5.28 Å². The second-order valence-corrected chi connectivity index (χ2v) is 4.81. The Morgan fingerprint density at radius 2 is 2.24 bits per heavy atom. The predicted molar refractivity (Wildman–Crippen MR) is 72.4 cm³/mol. The third-order valence-corrected chi connectivity index (χ3v) is 3.40. The van der Waals surface area contributed by atoms with Gasteiger partial charge in [-0.25, -0.2) is 4.98 Å². The van der Waals surface area contributed by atoms with Crippen LogP contribution in [0.3, 0.4) is 0 Å². The van der Waals surface area contributed by atoms with Gasteiger partial charge in [0.2, 0.25) is 5.28 Å². The molecule has 1 aromatic carbocycles. The largest absolute Gasteiger partial charge is 0.330 e. The monoisotopic (exact) mass is 315 g/mol. The van der Waals surface area contributed by atoms with Crippen LogP contribution in [0.1, 0.15) is 6.42 Å². The summed E-state index contributed by atoms with van der Waals surface area (Å²) >= 11 is 9.36. The second-order valence-electron chi connectivity index (χ2n) is 3.62. The fourth-order valence-electron chi connectivity index (χ4n) is 1.63. The van der Waals surface area contributed by atoms with Gasteiger partial charge in [-0.05, 0) is 52.6 Å². The van der Waals surface area contributed by atoms with Gasteiger partial charge in [-0.15, -0.1) is 0 Å². The van der Waals surface area contributed by atoms with Crippen molar-refractivity contribution >= 4 is 38.4 Å². The molecule has 2 rings (SSSR count). The number of hydrogen-bond donors (Lipinski definition) is 1. The van der Waals surface area contributed by atoms with E-state index < -0.39 is 0 Å². The maximum absolute atomic E-state index is 12.2. The first-order valence-corrected chi connectivity index (χ1v) is 6.37. The topological polar surface area (TPSA) is 60.9 Å². The van der Waals surface area contributed by atoms with Crippen molar-refractivity contribution in [2.45, 2.75) is 13.0 Å². The van der Waals surface area contributed by atoms with Gasteiger partial charge in [-0.1, -0.05) is 6.07 Å². The fourth-order valence-corrected chi connectivity index (χ4v) is 2.33. The Kier molecular flexibility index (Phi) is 3.81. The number of benzene rings is 1. The molecule has 0 atom stereocenters. The molecule has 0 bridgehead atoms. The van der Waals surface area contributed by atoms with Crippen LogP contribution < -0.4 is 11.3 Å². The highest BCUT2D eigenvalue weighted by molar-refractivity contribution is 9.10. The molecule has 0 aliphatic carbocycles. The molecule has 0 unspecified atom stereocenters. The molecule has 17 heavy (non-hydrogen) atoms. The van der Waals surface area contributed by atoms with Gasteiger partial charge in [0.25, 0.3) is 5.56 Å². The zero-order valence-electron chi connectivity index (χ0n) is 8.99. The molecule has 6 heteroatoms. The van der Waals surface area contributed by atoms with E-state index in [-0.39, 0.29) is 10.8 Å². The van der Waals surface area contributed by atoms with Crippen LogP contribution >= 0.6 is 27.5 Å². The number of aromatic nitrogens is 2. The van der Waals surface area contributed by atoms with Gasteiger partial charge >= 0.3 is 0 Å². The van der Waals surface area contributed by atoms with E-state index in [0.717, 1.165) is 4.47 Å². The van der Waals surface area contributed by atoms with Crippen LogP contribution in [0, 0.1) is 0 Å². The Balaban J connectivity index is 2.68. The highest BCUT2D eigenvalue weighted by Gasteiger charge is 2.10. The van der Waals surface area contributed by atoms with Crippen molar-refractivity contribution in [2.75, 3.05) is 6.54 Å². The molecule has 0 aliphatic heterocycles. The van der Waals surface area contributed by atoms with Crippen molar-refractivity contribution in [3.63, 3.8) is 0 Å². The summed E-state index contributed by atoms with van der Waals surface area (Å²) in [5.74, 6) is 0. The molecule has 2 N–H and O–H groups in total. The van der Waals surface area contributed by atoms with Crippen LogP contribution in [0.25, 0.3) is 10.9 Å². The molecular formula is C11H11BrClN3O. The normalized spacial score (nSPS) is 11.0. The molecule has 0 saturated carbocycles. The van der Waals surface area contributed by atoms with Crippen molar-refractivity contribution in [1.29, 1.82) is 0 Å². The van der Waals surface area contributed by atoms with Crippen molar-refractivity contribution < 1.29 is 0 Å². The van der Waals surface area contributed by atoms with Crippen LogP contribution in [0.15, 0.2) is 27.5 Å². The minimum absolute atomic E-state index is 0.130. The summed E-state index contributed by atoms with van der Waals surface area (Å²) in [5.41, 5.74) is 5.89. The molecule has 0 aliphatic rings. The molecule has 90 valence electrons. The highest BCUT2D eigenvalue weighted by Crippen LogP contribution is 2.21. The van der Waals surface area contributed by atoms with E-state index in [1.165, 1.54) is 4.57 Å². The van der Waals surface area contributed by atoms with Crippen LogP contribution in [-0.2, 0) is 6.54 Å². The summed E-state index contributed by atoms with van der Waals surface area (Å²) in [4.78, 5) is 16.4. The molecule has 0 spiro atoms. The average Bonchev–Trinajstić information content (AvgIpc) is 2.31. The van der Waals surface area contributed by atoms with Gasteiger partial charge in [0, 0.05) is 11.0 Å². The first-order valence-electron chi connectivity index (χ1n) is 5.20. The molecule has 0 fully saturated rings. The summed E-state index contributed by atoms with van der Waals surface area (Å²) in [5, 5.41) is 0.753. The van der Waals surface area contributed by atoms with Crippen molar-refractivity contribution in [3.8, 4) is 0 Å². The fraction of sp³-hybridized carbons (Fsp3) is 0.273. The van der Waals surface area contributed by atoms with Gasteiger partial charge in [0.05, 0.1) is 10.9 Å². The third kappa shape index (κ3) is 2.36. The molecule has 4 nitrogen and oxygen atoms in total. The zero-order chi connectivity index (χ0) is 12.4. The van der Waals surface area contributed by atoms with E-state index in [2.05, 4.69) is 20.9 Å². The Bertz CT molecular complexity index is 611. The zero-order valence-corrected chi connectivity index (χ0v) is 11.3. The molecule has 0 amide bonds. The summed E-state index contributed by atoms with van der Waals surface area (Å²) in [7, 11) is 0. The third-order valence-electron chi connectivity index (χ3n) is 2.47. The summed E-state index contributed by atoms with van der Waals surface area (Å²) in [6.45, 7) is 1.00. The van der Waals surface area contributed by atoms with Gasteiger partial charge in [0.1, 0.15) is 0 Å². The van der Waals surface area contributed by atoms with E-state index >= 15 is 0 Å². The van der Waals surface area contributed by atoms with E-state index in [4.69, 9.17) is 17.3 Å². The quantitative estimate of drug-likeness (QED) is 0.883. The van der Waals surface area contributed by atoms with E-state index in [1.807, 2.05) is 6.07 Å². The lowest BCUT2D eigenvalue weighted by molar-refractivity contribution is 0.625. The number of hydrogen-bond acceptors (Lipinski definition) is 3. The molecule has 1 aromatic heterocycles. The number of rotatable bonds is 3. The Labute approximate surface area is 112 Å². The van der Waals surface area contributed by atoms with Gasteiger partial charge in [-0.3, -0.25) is 9.36 Å². The number of nitrogens with two attached hydrogens (primary N) is 1. The van der Waals surface area contributed by atoms with Gasteiger partial charge in [0.15, 0.2) is 0 Å². The van der Waals surface area contributed by atoms with Crippen LogP contribution in [0.4, 0.5) is 0 Å². The maximum Gasteiger partial charge on any atom is 0.262 e. The minimum atomic E-state index is -0.130. The minimum Gasteiger partial charge on any atom is -0.330 e. The summed E-state index contributed by atoms with van der Waals surface area (Å²) in [6.07, 6.45) is 0.695. The summed E-state index contributed by atoms with van der Waals surface area (Å²) in [6, 6.07) is 5.37. The van der Waals surface area contributed by atoms with Crippen LogP contribution in [0.5, 0.6) is 0 Å².